The molecule has 0 atom stereocenters. The summed E-state index contributed by atoms with van der Waals surface area (Å²) >= 11 is 3.37. The number of rotatable bonds is 0. The van der Waals surface area contributed by atoms with Crippen molar-refractivity contribution in [3.63, 3.8) is 0 Å². The molecule has 0 fully saturated rings. The van der Waals surface area contributed by atoms with Crippen LogP contribution in [0, 0.1) is 6.92 Å². The molecule has 0 saturated heterocycles. The Bertz CT molecular complexity index is 434. The van der Waals surface area contributed by atoms with E-state index in [1.54, 1.807) is 6.20 Å². The molecule has 4 heteroatoms. The van der Waals surface area contributed by atoms with Crippen LogP contribution >= 0.6 is 15.9 Å². The lowest BCUT2D eigenvalue weighted by Gasteiger charge is -2.00. The zero-order valence-corrected chi connectivity index (χ0v) is 10.2. The monoisotopic (exact) mass is 255 g/mol. The van der Waals surface area contributed by atoms with Gasteiger partial charge in [-0.15, -0.1) is 0 Å². The van der Waals surface area contributed by atoms with Gasteiger partial charge in [0.1, 0.15) is 0 Å². The van der Waals surface area contributed by atoms with Gasteiger partial charge in [0, 0.05) is 22.6 Å². The molecular formula is C10H14BrN3. The van der Waals surface area contributed by atoms with Crippen LogP contribution in [-0.2, 0) is 0 Å². The third kappa shape index (κ3) is 1.90. The smallest absolute Gasteiger partial charge is 0.160 e. The molecule has 2 aromatic rings. The highest BCUT2D eigenvalue weighted by atomic mass is 79.9. The highest BCUT2D eigenvalue weighted by Crippen LogP contribution is 2.19. The molecule has 0 radical (unpaired) electrons. The van der Waals surface area contributed by atoms with Crippen molar-refractivity contribution in [1.82, 2.24) is 9.38 Å². The van der Waals surface area contributed by atoms with E-state index in [4.69, 9.17) is 5.73 Å². The fraction of sp³-hybridized carbons (Fsp3) is 0.300. The van der Waals surface area contributed by atoms with Crippen molar-refractivity contribution in [2.45, 2.75) is 20.8 Å². The lowest BCUT2D eigenvalue weighted by molar-refractivity contribution is 1.10. The summed E-state index contributed by atoms with van der Waals surface area (Å²) in [6.07, 6.45) is 3.76. The highest BCUT2D eigenvalue weighted by Gasteiger charge is 2.02. The Morgan fingerprint density at radius 2 is 2.07 bits per heavy atom. The first-order chi connectivity index (χ1) is 6.68. The van der Waals surface area contributed by atoms with Crippen molar-refractivity contribution in [2.24, 2.45) is 0 Å². The van der Waals surface area contributed by atoms with Gasteiger partial charge in [0.05, 0.1) is 5.69 Å². The van der Waals surface area contributed by atoms with Crippen molar-refractivity contribution >= 4 is 27.3 Å². The second kappa shape index (κ2) is 4.46. The van der Waals surface area contributed by atoms with Crippen molar-refractivity contribution < 1.29 is 0 Å². The second-order valence-electron chi connectivity index (χ2n) is 2.71. The molecule has 14 heavy (non-hydrogen) atoms. The number of nitrogen functional groups attached to an aromatic ring is 1. The quantitative estimate of drug-likeness (QED) is 0.787. The fourth-order valence-corrected chi connectivity index (χ4v) is 1.65. The minimum Gasteiger partial charge on any atom is -0.396 e. The molecule has 0 amide bonds. The van der Waals surface area contributed by atoms with E-state index in [2.05, 4.69) is 20.9 Å². The normalized spacial score (nSPS) is 9.71. The summed E-state index contributed by atoms with van der Waals surface area (Å²) < 4.78 is 2.92. The molecule has 0 unspecified atom stereocenters. The summed E-state index contributed by atoms with van der Waals surface area (Å²) in [6.45, 7) is 5.99. The Morgan fingerprint density at radius 1 is 1.43 bits per heavy atom. The van der Waals surface area contributed by atoms with E-state index in [0.717, 1.165) is 15.8 Å². The van der Waals surface area contributed by atoms with E-state index in [1.807, 2.05) is 37.4 Å². The fourth-order valence-electron chi connectivity index (χ4n) is 1.20. The van der Waals surface area contributed by atoms with Gasteiger partial charge in [0.25, 0.3) is 0 Å². The summed E-state index contributed by atoms with van der Waals surface area (Å²) in [5.74, 6) is 0. The van der Waals surface area contributed by atoms with Crippen molar-refractivity contribution in [3.8, 4) is 0 Å². The van der Waals surface area contributed by atoms with Gasteiger partial charge in [-0.05, 0) is 28.9 Å². The van der Waals surface area contributed by atoms with E-state index >= 15 is 0 Å². The first kappa shape index (κ1) is 11.0. The third-order valence-corrected chi connectivity index (χ3v) is 2.22. The lowest BCUT2D eigenvalue weighted by Crippen LogP contribution is -1.93. The number of fused-ring (bicyclic) bond motifs is 1. The molecular weight excluding hydrogens is 242 g/mol. The van der Waals surface area contributed by atoms with E-state index in [0.29, 0.717) is 5.69 Å². The number of aryl methyl sites for hydroxylation is 1. The second-order valence-corrected chi connectivity index (χ2v) is 3.62. The minimum absolute atomic E-state index is 0.692. The zero-order chi connectivity index (χ0) is 10.7. The number of imidazole rings is 1. The Hall–Kier alpha value is -1.03. The average molecular weight is 256 g/mol. The lowest BCUT2D eigenvalue weighted by atomic mass is 10.4. The molecule has 0 aliphatic rings. The van der Waals surface area contributed by atoms with Crippen molar-refractivity contribution in [1.29, 1.82) is 0 Å². The Kier molecular flexibility index (Phi) is 3.52. The van der Waals surface area contributed by atoms with Gasteiger partial charge in [-0.2, -0.15) is 0 Å². The molecule has 2 rings (SSSR count). The Balaban J connectivity index is 0.000000461. The third-order valence-electron chi connectivity index (χ3n) is 1.79. The number of nitrogens with zero attached hydrogens (tertiary/aromatic N) is 2. The molecule has 0 bridgehead atoms. The van der Waals surface area contributed by atoms with Crippen LogP contribution in [0.4, 0.5) is 5.69 Å². The minimum atomic E-state index is 0.692. The van der Waals surface area contributed by atoms with Crippen LogP contribution in [0.15, 0.2) is 22.9 Å². The Labute approximate surface area is 92.1 Å². The van der Waals surface area contributed by atoms with Crippen LogP contribution in [0.2, 0.25) is 0 Å². The number of hydrogen-bond donors (Lipinski definition) is 1. The number of hydrogen-bond acceptors (Lipinski definition) is 2. The topological polar surface area (TPSA) is 43.3 Å². The largest absolute Gasteiger partial charge is 0.396 e. The first-order valence-electron chi connectivity index (χ1n) is 4.57. The summed E-state index contributed by atoms with van der Waals surface area (Å²) in [4.78, 5) is 4.18. The molecule has 0 aromatic carbocycles. The molecule has 0 spiro atoms. The van der Waals surface area contributed by atoms with Crippen LogP contribution in [0.5, 0.6) is 0 Å². The number of anilines is 1. The maximum absolute atomic E-state index is 5.76. The summed E-state index contributed by atoms with van der Waals surface area (Å²) in [5, 5.41) is 0. The number of pyridine rings is 1. The van der Waals surface area contributed by atoms with Gasteiger partial charge in [-0.25, -0.2) is 4.98 Å². The zero-order valence-electron chi connectivity index (χ0n) is 8.58. The summed E-state index contributed by atoms with van der Waals surface area (Å²) in [6, 6.07) is 1.85. The van der Waals surface area contributed by atoms with E-state index in [1.165, 1.54) is 0 Å². The average Bonchev–Trinajstić information content (AvgIpc) is 2.52. The Morgan fingerprint density at radius 3 is 2.71 bits per heavy atom. The molecule has 2 aromatic heterocycles. The van der Waals surface area contributed by atoms with Crippen LogP contribution in [0.25, 0.3) is 5.65 Å². The summed E-state index contributed by atoms with van der Waals surface area (Å²) in [5.41, 5.74) is 8.35. The van der Waals surface area contributed by atoms with Crippen LogP contribution < -0.4 is 5.73 Å². The highest BCUT2D eigenvalue weighted by molar-refractivity contribution is 9.10. The number of halogens is 1. The maximum atomic E-state index is 5.76. The van der Waals surface area contributed by atoms with Gasteiger partial charge in [-0.1, -0.05) is 13.8 Å². The van der Waals surface area contributed by atoms with Crippen LogP contribution in [-0.4, -0.2) is 9.38 Å². The SMILES string of the molecule is CC.Cc1cnc2c(N)cc(Br)cn12. The van der Waals surface area contributed by atoms with Crippen LogP contribution in [0.1, 0.15) is 19.5 Å². The van der Waals surface area contributed by atoms with Crippen molar-refractivity contribution in [3.05, 3.63) is 28.6 Å². The van der Waals surface area contributed by atoms with E-state index in [-0.39, 0.29) is 0 Å². The van der Waals surface area contributed by atoms with Crippen LogP contribution in [0.3, 0.4) is 0 Å². The molecule has 0 saturated carbocycles. The molecule has 76 valence electrons. The molecule has 0 aliphatic heterocycles. The standard InChI is InChI=1S/C8H8BrN3.C2H6/c1-5-3-11-8-7(10)2-6(9)4-12(5)8;1-2/h2-4H,10H2,1H3;1-2H3. The van der Waals surface area contributed by atoms with Crippen molar-refractivity contribution in [2.75, 3.05) is 5.73 Å². The molecule has 3 nitrogen and oxygen atoms in total. The van der Waals surface area contributed by atoms with E-state index in [9.17, 15) is 0 Å². The number of aromatic nitrogens is 2. The van der Waals surface area contributed by atoms with Gasteiger partial charge < -0.3 is 10.1 Å². The van der Waals surface area contributed by atoms with E-state index < -0.39 is 0 Å². The first-order valence-corrected chi connectivity index (χ1v) is 5.36. The van der Waals surface area contributed by atoms with Gasteiger partial charge >= 0.3 is 0 Å². The van der Waals surface area contributed by atoms with Gasteiger partial charge in [-0.3, -0.25) is 0 Å². The molecule has 2 heterocycles. The predicted octanol–water partition coefficient (Wildman–Crippen LogP) is 3.01. The predicted molar refractivity (Wildman–Crippen MR) is 63.4 cm³/mol. The van der Waals surface area contributed by atoms with Gasteiger partial charge in [0.2, 0.25) is 0 Å². The molecule has 2 N–H and O–H groups in total. The maximum Gasteiger partial charge on any atom is 0.160 e. The molecule has 0 aliphatic carbocycles. The summed E-state index contributed by atoms with van der Waals surface area (Å²) in [7, 11) is 0. The van der Waals surface area contributed by atoms with Gasteiger partial charge in [0.15, 0.2) is 5.65 Å². The number of nitrogens with two attached hydrogens (primary N) is 1.